The minimum Gasteiger partial charge on any atom is -0.298 e. The fraction of sp³-hybridized carbons (Fsp3) is 0.158. The Morgan fingerprint density at radius 3 is 2.62 bits per heavy atom. The number of carbonyl (C=O) groups excluding carboxylic acids is 1. The lowest BCUT2D eigenvalue weighted by molar-refractivity contribution is -0.105. The molecule has 3 rings (SSSR count). The molecule has 0 aliphatic heterocycles. The van der Waals surface area contributed by atoms with Gasteiger partial charge < -0.3 is 0 Å². The van der Waals surface area contributed by atoms with Crippen LogP contribution in [0.25, 0.3) is 5.57 Å². The van der Waals surface area contributed by atoms with Crippen molar-refractivity contribution in [3.8, 4) is 11.8 Å². The Hall–Kier alpha value is -2.66. The summed E-state index contributed by atoms with van der Waals surface area (Å²) in [5.74, 6) is 6.31. The van der Waals surface area contributed by atoms with Gasteiger partial charge in [0.1, 0.15) is 6.29 Å². The highest BCUT2D eigenvalue weighted by atomic mass is 16.1. The molecule has 1 aliphatic rings. The SMILES string of the molecule is Cc1ccc2c(n1)CCC(C=O)=C2C#Cc1ccccc1. The number of aromatic nitrogens is 1. The largest absolute Gasteiger partial charge is 0.298 e. The second kappa shape index (κ2) is 5.76. The molecule has 0 saturated heterocycles. The average molecular weight is 273 g/mol. The first-order valence-electron chi connectivity index (χ1n) is 7.00. The zero-order valence-corrected chi connectivity index (χ0v) is 11.9. The summed E-state index contributed by atoms with van der Waals surface area (Å²) >= 11 is 0. The number of aldehydes is 1. The van der Waals surface area contributed by atoms with Gasteiger partial charge >= 0.3 is 0 Å². The number of allylic oxidation sites excluding steroid dienone is 2. The van der Waals surface area contributed by atoms with Crippen molar-refractivity contribution in [1.82, 2.24) is 4.98 Å². The quantitative estimate of drug-likeness (QED) is 0.589. The number of hydrogen-bond acceptors (Lipinski definition) is 2. The molecular weight excluding hydrogens is 258 g/mol. The van der Waals surface area contributed by atoms with Crippen molar-refractivity contribution in [1.29, 1.82) is 0 Å². The van der Waals surface area contributed by atoms with Crippen LogP contribution >= 0.6 is 0 Å². The normalized spacial score (nSPS) is 13.2. The van der Waals surface area contributed by atoms with Crippen LogP contribution in [0.1, 0.15) is 28.9 Å². The van der Waals surface area contributed by atoms with Crippen LogP contribution in [0.5, 0.6) is 0 Å². The zero-order chi connectivity index (χ0) is 14.7. The summed E-state index contributed by atoms with van der Waals surface area (Å²) in [5, 5.41) is 0. The number of carbonyl (C=O) groups is 1. The lowest BCUT2D eigenvalue weighted by Crippen LogP contribution is -2.08. The van der Waals surface area contributed by atoms with Gasteiger partial charge in [0.15, 0.2) is 0 Å². The van der Waals surface area contributed by atoms with E-state index in [4.69, 9.17) is 0 Å². The van der Waals surface area contributed by atoms with E-state index in [9.17, 15) is 4.79 Å². The first kappa shape index (κ1) is 13.3. The number of rotatable bonds is 1. The molecule has 0 unspecified atom stereocenters. The van der Waals surface area contributed by atoms with E-state index < -0.39 is 0 Å². The van der Waals surface area contributed by atoms with E-state index >= 15 is 0 Å². The maximum Gasteiger partial charge on any atom is 0.147 e. The number of nitrogens with zero attached hydrogens (tertiary/aromatic N) is 1. The maximum absolute atomic E-state index is 11.3. The molecule has 2 aromatic rings. The Morgan fingerprint density at radius 1 is 1.05 bits per heavy atom. The number of fused-ring (bicyclic) bond motifs is 1. The van der Waals surface area contributed by atoms with Crippen molar-refractivity contribution >= 4 is 11.9 Å². The molecule has 1 heterocycles. The summed E-state index contributed by atoms with van der Waals surface area (Å²) in [5.41, 5.74) is 5.58. The highest BCUT2D eigenvalue weighted by Crippen LogP contribution is 2.29. The van der Waals surface area contributed by atoms with Crippen molar-refractivity contribution in [2.45, 2.75) is 19.8 Å². The van der Waals surface area contributed by atoms with E-state index in [2.05, 4.69) is 16.8 Å². The number of aryl methyl sites for hydroxylation is 2. The lowest BCUT2D eigenvalue weighted by Gasteiger charge is -2.16. The molecular formula is C19H15NO. The van der Waals surface area contributed by atoms with Gasteiger partial charge in [-0.2, -0.15) is 0 Å². The average Bonchev–Trinajstić information content (AvgIpc) is 2.53. The van der Waals surface area contributed by atoms with Crippen LogP contribution < -0.4 is 0 Å². The minimum absolute atomic E-state index is 0.714. The van der Waals surface area contributed by atoms with Crippen molar-refractivity contribution in [2.75, 3.05) is 0 Å². The summed E-state index contributed by atoms with van der Waals surface area (Å²) in [4.78, 5) is 15.9. The molecule has 2 nitrogen and oxygen atoms in total. The van der Waals surface area contributed by atoms with Crippen LogP contribution in [0.15, 0.2) is 48.0 Å². The van der Waals surface area contributed by atoms with Crippen LogP contribution in [0.2, 0.25) is 0 Å². The fourth-order valence-corrected chi connectivity index (χ4v) is 2.50. The molecule has 1 aromatic heterocycles. The summed E-state index contributed by atoms with van der Waals surface area (Å²) in [7, 11) is 0. The summed E-state index contributed by atoms with van der Waals surface area (Å²) < 4.78 is 0. The Morgan fingerprint density at radius 2 is 1.86 bits per heavy atom. The van der Waals surface area contributed by atoms with Crippen LogP contribution in [0, 0.1) is 18.8 Å². The van der Waals surface area contributed by atoms with Crippen molar-refractivity contribution < 1.29 is 4.79 Å². The molecule has 21 heavy (non-hydrogen) atoms. The van der Waals surface area contributed by atoms with Gasteiger partial charge in [0.05, 0.1) is 0 Å². The van der Waals surface area contributed by atoms with Gasteiger partial charge in [0.2, 0.25) is 0 Å². The molecule has 0 N–H and O–H groups in total. The van der Waals surface area contributed by atoms with Crippen molar-refractivity contribution in [3.05, 3.63) is 70.6 Å². The van der Waals surface area contributed by atoms with E-state index in [1.807, 2.05) is 49.4 Å². The number of hydrogen-bond donors (Lipinski definition) is 0. The molecule has 0 amide bonds. The Bertz CT molecular complexity index is 776. The molecule has 102 valence electrons. The van der Waals surface area contributed by atoms with E-state index in [0.29, 0.717) is 6.42 Å². The third kappa shape index (κ3) is 2.78. The maximum atomic E-state index is 11.3. The fourth-order valence-electron chi connectivity index (χ4n) is 2.50. The highest BCUT2D eigenvalue weighted by Gasteiger charge is 2.18. The summed E-state index contributed by atoms with van der Waals surface area (Å²) in [6.45, 7) is 1.98. The van der Waals surface area contributed by atoms with Gasteiger partial charge in [-0.1, -0.05) is 36.1 Å². The van der Waals surface area contributed by atoms with E-state index in [1.165, 1.54) is 0 Å². The zero-order valence-electron chi connectivity index (χ0n) is 11.9. The summed E-state index contributed by atoms with van der Waals surface area (Å²) in [6.07, 6.45) is 2.45. The Kier molecular flexibility index (Phi) is 3.66. The van der Waals surface area contributed by atoms with Crippen molar-refractivity contribution in [2.24, 2.45) is 0 Å². The lowest BCUT2D eigenvalue weighted by atomic mass is 9.89. The third-order valence-corrected chi connectivity index (χ3v) is 3.58. The van der Waals surface area contributed by atoms with Gasteiger partial charge in [-0.15, -0.1) is 0 Å². The molecule has 0 radical (unpaired) electrons. The molecule has 1 aromatic carbocycles. The first-order chi connectivity index (χ1) is 10.3. The number of pyridine rings is 1. The predicted molar refractivity (Wildman–Crippen MR) is 83.6 cm³/mol. The second-order valence-electron chi connectivity index (χ2n) is 5.08. The van der Waals surface area contributed by atoms with E-state index in [-0.39, 0.29) is 0 Å². The highest BCUT2D eigenvalue weighted by molar-refractivity contribution is 5.96. The molecule has 0 fully saturated rings. The van der Waals surface area contributed by atoms with Crippen molar-refractivity contribution in [3.63, 3.8) is 0 Å². The molecule has 0 saturated carbocycles. The monoisotopic (exact) mass is 273 g/mol. The molecule has 1 aliphatic carbocycles. The van der Waals surface area contributed by atoms with E-state index in [1.54, 1.807) is 0 Å². The molecule has 0 bridgehead atoms. The topological polar surface area (TPSA) is 30.0 Å². The van der Waals surface area contributed by atoms with Crippen LogP contribution in [-0.2, 0) is 11.2 Å². The molecule has 0 atom stereocenters. The smallest absolute Gasteiger partial charge is 0.147 e. The van der Waals surface area contributed by atoms with Gasteiger partial charge in [-0.05, 0) is 38.0 Å². The predicted octanol–water partition coefficient (Wildman–Crippen LogP) is 3.34. The van der Waals surface area contributed by atoms with Crippen LogP contribution in [0.4, 0.5) is 0 Å². The Balaban J connectivity index is 2.08. The molecule has 2 heteroatoms. The molecule has 0 spiro atoms. The van der Waals surface area contributed by atoms with Gasteiger partial charge in [-0.3, -0.25) is 9.78 Å². The Labute approximate surface area is 124 Å². The first-order valence-corrected chi connectivity index (χ1v) is 7.00. The summed E-state index contributed by atoms with van der Waals surface area (Å²) in [6, 6.07) is 13.8. The standard InChI is InChI=1S/C19H15NO/c1-14-7-10-18-17(11-8-15-5-3-2-4-6-15)16(13-21)9-12-19(18)20-14/h2-7,10,13H,9,12H2,1H3. The van der Waals surface area contributed by atoms with E-state index in [0.717, 1.165) is 46.4 Å². The van der Waals surface area contributed by atoms with Gasteiger partial charge in [-0.25, -0.2) is 0 Å². The second-order valence-corrected chi connectivity index (χ2v) is 5.08. The minimum atomic E-state index is 0.714. The third-order valence-electron chi connectivity index (χ3n) is 3.58. The number of benzene rings is 1. The van der Waals surface area contributed by atoms with Gasteiger partial charge in [0.25, 0.3) is 0 Å². The van der Waals surface area contributed by atoms with Crippen LogP contribution in [0.3, 0.4) is 0 Å². The van der Waals surface area contributed by atoms with Crippen LogP contribution in [-0.4, -0.2) is 11.3 Å². The van der Waals surface area contributed by atoms with Gasteiger partial charge in [0, 0.05) is 33.7 Å².